The number of sulfonamides is 1. The molecule has 1 heterocycles. The van der Waals surface area contributed by atoms with Crippen molar-refractivity contribution < 1.29 is 37.1 Å². The summed E-state index contributed by atoms with van der Waals surface area (Å²) in [6, 6.07) is 5.64. The molecule has 4 amide bonds. The van der Waals surface area contributed by atoms with Gasteiger partial charge in [-0.2, -0.15) is 4.72 Å². The fourth-order valence-corrected chi connectivity index (χ4v) is 7.90. The third-order valence-corrected chi connectivity index (χ3v) is 10.9. The first kappa shape index (κ1) is 42.9. The van der Waals surface area contributed by atoms with E-state index in [1.807, 2.05) is 6.92 Å². The van der Waals surface area contributed by atoms with Crippen LogP contribution in [-0.2, 0) is 40.4 Å². The van der Waals surface area contributed by atoms with Crippen LogP contribution in [0.3, 0.4) is 0 Å². The average molecular weight is 758 g/mol. The van der Waals surface area contributed by atoms with E-state index < -0.39 is 40.3 Å². The predicted molar refractivity (Wildman–Crippen MR) is 201 cm³/mol. The molecule has 0 unspecified atom stereocenters. The number of hydrogen-bond donors (Lipinski definition) is 6. The van der Waals surface area contributed by atoms with Crippen molar-refractivity contribution in [3.8, 4) is 5.75 Å². The number of benzene rings is 2. The molecule has 0 spiro atoms. The second-order valence-corrected chi connectivity index (χ2v) is 14.8. The molecular weight excluding hydrogens is 703 g/mol. The molecule has 2 aromatic rings. The minimum Gasteiger partial charge on any atom is -0.496 e. The molecule has 1 saturated heterocycles. The number of aryl methyl sites for hydroxylation is 1. The quantitative estimate of drug-likeness (QED) is 0.0657. The Hall–Kier alpha value is -4.54. The zero-order chi connectivity index (χ0) is 39.1. The summed E-state index contributed by atoms with van der Waals surface area (Å²) in [5.41, 5.74) is 8.19. The van der Waals surface area contributed by atoms with Crippen LogP contribution < -0.4 is 31.1 Å². The normalized spacial score (nSPS) is 14.2. The Balaban J connectivity index is 1.86. The highest BCUT2D eigenvalue weighted by Gasteiger charge is 2.34. The Bertz CT molecular complexity index is 1710. The highest BCUT2D eigenvalue weighted by Crippen LogP contribution is 2.30. The average Bonchev–Trinajstić information content (AvgIpc) is 3.12. The van der Waals surface area contributed by atoms with Gasteiger partial charge in [-0.25, -0.2) is 8.42 Å². The molecule has 1 fully saturated rings. The number of ether oxygens (including phenoxy) is 2. The van der Waals surface area contributed by atoms with Crippen LogP contribution in [0.2, 0.25) is 0 Å². The van der Waals surface area contributed by atoms with Crippen molar-refractivity contribution >= 4 is 39.5 Å². The maximum Gasteiger partial charge on any atom is 0.245 e. The topological polar surface area (TPSA) is 222 Å². The highest BCUT2D eigenvalue weighted by atomic mass is 32.2. The van der Waals surface area contributed by atoms with E-state index in [0.29, 0.717) is 72.8 Å². The Labute approximate surface area is 312 Å². The summed E-state index contributed by atoms with van der Waals surface area (Å²) in [5.74, 6) is -1.61. The molecule has 0 aromatic heterocycles. The van der Waals surface area contributed by atoms with Crippen molar-refractivity contribution in [2.24, 2.45) is 5.73 Å². The van der Waals surface area contributed by atoms with Crippen LogP contribution in [0.25, 0.3) is 0 Å². The molecular formula is C37H55N7O8S. The maximum atomic E-state index is 14.1. The van der Waals surface area contributed by atoms with Crippen molar-refractivity contribution in [1.29, 1.82) is 5.41 Å². The fourth-order valence-electron chi connectivity index (χ4n) is 6.17. The Kier molecular flexibility index (Phi) is 16.7. The van der Waals surface area contributed by atoms with Crippen molar-refractivity contribution in [3.05, 3.63) is 58.1 Å². The summed E-state index contributed by atoms with van der Waals surface area (Å²) < 4.78 is 41.1. The summed E-state index contributed by atoms with van der Waals surface area (Å²) in [5, 5.41) is 15.9. The number of piperidine rings is 1. The van der Waals surface area contributed by atoms with Gasteiger partial charge in [-0.15, -0.1) is 0 Å². The van der Waals surface area contributed by atoms with E-state index in [1.54, 1.807) is 56.0 Å². The van der Waals surface area contributed by atoms with Crippen LogP contribution in [0.5, 0.6) is 5.75 Å². The van der Waals surface area contributed by atoms with Crippen molar-refractivity contribution in [3.63, 3.8) is 0 Å². The first-order chi connectivity index (χ1) is 25.2. The lowest BCUT2D eigenvalue weighted by Gasteiger charge is -2.31. The summed E-state index contributed by atoms with van der Waals surface area (Å²) >= 11 is 0. The number of rotatable bonds is 20. The zero-order valence-corrected chi connectivity index (χ0v) is 32.2. The third-order valence-electron chi connectivity index (χ3n) is 9.13. The van der Waals surface area contributed by atoms with Crippen molar-refractivity contribution in [2.45, 2.75) is 89.6 Å². The molecule has 1 aliphatic rings. The molecule has 2 aromatic carbocycles. The number of nitrogens with two attached hydrogens (primary N) is 1. The van der Waals surface area contributed by atoms with Gasteiger partial charge in [-0.3, -0.25) is 24.6 Å². The number of hydrogen-bond acceptors (Lipinski definition) is 9. The number of likely N-dealkylation sites (tertiary alicyclic amines) is 1. The molecule has 2 atom stereocenters. The van der Waals surface area contributed by atoms with Crippen LogP contribution in [0.4, 0.5) is 0 Å². The van der Waals surface area contributed by atoms with E-state index in [2.05, 4.69) is 20.7 Å². The molecule has 0 bridgehead atoms. The molecule has 0 aliphatic carbocycles. The Morgan fingerprint density at radius 3 is 2.23 bits per heavy atom. The van der Waals surface area contributed by atoms with Crippen molar-refractivity contribution in [2.75, 3.05) is 46.5 Å². The minimum atomic E-state index is -4.39. The first-order valence-corrected chi connectivity index (χ1v) is 19.5. The monoisotopic (exact) mass is 757 g/mol. The molecule has 15 nitrogen and oxygen atoms in total. The van der Waals surface area contributed by atoms with Gasteiger partial charge in [0.15, 0.2) is 0 Å². The van der Waals surface area contributed by atoms with Crippen LogP contribution >= 0.6 is 0 Å². The smallest absolute Gasteiger partial charge is 0.245 e. The van der Waals surface area contributed by atoms with Crippen LogP contribution in [0.1, 0.15) is 73.3 Å². The number of amides is 4. The number of amidine groups is 1. The molecule has 3 rings (SSSR count). The molecule has 53 heavy (non-hydrogen) atoms. The highest BCUT2D eigenvalue weighted by molar-refractivity contribution is 7.89. The lowest BCUT2D eigenvalue weighted by Crippen LogP contribution is -2.56. The van der Waals surface area contributed by atoms with E-state index in [-0.39, 0.29) is 41.9 Å². The number of nitrogens with one attached hydrogen (secondary N) is 5. The number of nitrogens with zero attached hydrogens (tertiary/aromatic N) is 1. The summed E-state index contributed by atoms with van der Waals surface area (Å²) in [6.07, 6.45) is 2.58. The summed E-state index contributed by atoms with van der Waals surface area (Å²) in [7, 11) is -2.91. The lowest BCUT2D eigenvalue weighted by atomic mass is 10.0. The van der Waals surface area contributed by atoms with E-state index in [4.69, 9.17) is 20.6 Å². The molecule has 16 heteroatoms. The second kappa shape index (κ2) is 20.6. The molecule has 1 aliphatic heterocycles. The van der Waals surface area contributed by atoms with Gasteiger partial charge in [0, 0.05) is 51.2 Å². The van der Waals surface area contributed by atoms with Gasteiger partial charge in [0.1, 0.15) is 23.7 Å². The zero-order valence-electron chi connectivity index (χ0n) is 31.4. The summed E-state index contributed by atoms with van der Waals surface area (Å²) in [4.78, 5) is 55.0. The number of carbonyl (C=O) groups excluding carboxylic acids is 4. The number of methoxy groups -OCH3 is 1. The van der Waals surface area contributed by atoms with Gasteiger partial charge in [-0.1, -0.05) is 24.3 Å². The number of nitrogen functional groups attached to an aromatic ring is 1. The van der Waals surface area contributed by atoms with Gasteiger partial charge in [0.25, 0.3) is 0 Å². The van der Waals surface area contributed by atoms with E-state index in [9.17, 15) is 27.6 Å². The molecule has 0 saturated carbocycles. The van der Waals surface area contributed by atoms with Crippen LogP contribution in [0, 0.1) is 26.2 Å². The van der Waals surface area contributed by atoms with Crippen molar-refractivity contribution in [1.82, 2.24) is 25.6 Å². The predicted octanol–water partition coefficient (Wildman–Crippen LogP) is 1.73. The Morgan fingerprint density at radius 2 is 1.60 bits per heavy atom. The Morgan fingerprint density at radius 1 is 0.943 bits per heavy atom. The van der Waals surface area contributed by atoms with Crippen LogP contribution in [-0.4, -0.2) is 101 Å². The molecule has 0 radical (unpaired) electrons. The molecule has 7 N–H and O–H groups in total. The standard InChI is InChI=1S/C37H55N7O8S/c1-6-52-20-17-41-32(45)11-10-16-40-33(46)23-29(43-53(49,50)34-24(2)21-31(51-5)25(3)26(34)4)36(47)42-30(37(48)44-18-8-7-9-19-44)22-27-12-14-28(15-13-27)35(38)39/h12-15,21,29-30,43H,6-11,16-20,22-23H2,1-5H3,(H3,38,39)(H,40,46)(H,41,45)(H,42,47)/t29-,30+/m0/s1. The SMILES string of the molecule is CCOCCNC(=O)CCCNC(=O)C[C@H](NS(=O)(=O)c1c(C)cc(OC)c(C)c1C)C(=O)N[C@H](Cc1ccc(C(=N)N)cc1)C(=O)N1CCCCC1. The molecule has 292 valence electrons. The van der Waals surface area contributed by atoms with E-state index >= 15 is 0 Å². The third kappa shape index (κ3) is 12.8. The largest absolute Gasteiger partial charge is 0.496 e. The van der Waals surface area contributed by atoms with E-state index in [1.165, 1.54) is 7.11 Å². The lowest BCUT2D eigenvalue weighted by molar-refractivity contribution is -0.137. The minimum absolute atomic E-state index is 0.0455. The first-order valence-electron chi connectivity index (χ1n) is 18.0. The van der Waals surface area contributed by atoms with E-state index in [0.717, 1.165) is 19.3 Å². The van der Waals surface area contributed by atoms with Gasteiger partial charge in [0.2, 0.25) is 33.7 Å². The van der Waals surface area contributed by atoms with Gasteiger partial charge < -0.3 is 36.1 Å². The number of carbonyl (C=O) groups is 4. The maximum absolute atomic E-state index is 14.1. The second-order valence-electron chi connectivity index (χ2n) is 13.1. The fraction of sp³-hybridized carbons (Fsp3) is 0.541. The van der Waals surface area contributed by atoms with Gasteiger partial charge >= 0.3 is 0 Å². The van der Waals surface area contributed by atoms with Gasteiger partial charge in [-0.05, 0) is 81.7 Å². The van der Waals surface area contributed by atoms with Gasteiger partial charge in [0.05, 0.1) is 25.0 Å². The van der Waals surface area contributed by atoms with Crippen LogP contribution in [0.15, 0.2) is 35.2 Å². The summed E-state index contributed by atoms with van der Waals surface area (Å²) in [6.45, 7) is 9.29.